The van der Waals surface area contributed by atoms with Gasteiger partial charge in [-0.15, -0.1) is 0 Å². The molecule has 0 bridgehead atoms. The van der Waals surface area contributed by atoms with E-state index in [-0.39, 0.29) is 29.2 Å². The fourth-order valence-electron chi connectivity index (χ4n) is 7.60. The van der Waals surface area contributed by atoms with E-state index in [2.05, 4.69) is 35.8 Å². The molecule has 0 aromatic heterocycles. The normalized spacial score (nSPS) is 43.2. The lowest BCUT2D eigenvalue weighted by atomic mass is 9.55. The Kier molecular flexibility index (Phi) is 4.78. The molecule has 1 aromatic carbocycles. The van der Waals surface area contributed by atoms with Gasteiger partial charge in [0.05, 0.1) is 24.3 Å². The third-order valence-electron chi connectivity index (χ3n) is 9.34. The molecule has 5 aliphatic rings. The van der Waals surface area contributed by atoms with Gasteiger partial charge in [-0.3, -0.25) is 9.69 Å². The van der Waals surface area contributed by atoms with Gasteiger partial charge in [-0.2, -0.15) is 0 Å². The van der Waals surface area contributed by atoms with Crippen molar-refractivity contribution in [2.24, 2.45) is 23.7 Å². The van der Waals surface area contributed by atoms with Crippen LogP contribution in [-0.2, 0) is 14.3 Å². The first kappa shape index (κ1) is 20.8. The number of piperazine rings is 1. The summed E-state index contributed by atoms with van der Waals surface area (Å²) in [5.41, 5.74) is 0.720. The van der Waals surface area contributed by atoms with Gasteiger partial charge in [0.2, 0.25) is 0 Å². The number of fused-ring (bicyclic) bond motifs is 1. The fraction of sp³-hybridized carbons (Fsp3) is 0.731. The molecule has 0 radical (unpaired) electrons. The highest BCUT2D eigenvalue weighted by Crippen LogP contribution is 2.66. The van der Waals surface area contributed by atoms with Crippen LogP contribution in [0.2, 0.25) is 0 Å². The van der Waals surface area contributed by atoms with E-state index < -0.39 is 0 Å². The minimum atomic E-state index is -0.369. The molecule has 2 saturated carbocycles. The predicted molar refractivity (Wildman–Crippen MR) is 122 cm³/mol. The second-order valence-electron chi connectivity index (χ2n) is 11.0. The van der Waals surface area contributed by atoms with Gasteiger partial charge in [0.15, 0.2) is 0 Å². The van der Waals surface area contributed by atoms with Crippen molar-refractivity contribution in [1.82, 2.24) is 4.90 Å². The van der Waals surface area contributed by atoms with Gasteiger partial charge < -0.3 is 19.1 Å². The van der Waals surface area contributed by atoms with E-state index >= 15 is 0 Å². The van der Waals surface area contributed by atoms with Crippen LogP contribution in [0.3, 0.4) is 0 Å². The van der Waals surface area contributed by atoms with E-state index in [4.69, 9.17) is 14.2 Å². The first-order valence-electron chi connectivity index (χ1n) is 12.5. The van der Waals surface area contributed by atoms with Crippen molar-refractivity contribution in [2.75, 3.05) is 44.7 Å². The lowest BCUT2D eigenvalue weighted by Crippen LogP contribution is -2.58. The predicted octanol–water partition coefficient (Wildman–Crippen LogP) is 3.34. The van der Waals surface area contributed by atoms with Crippen LogP contribution < -0.4 is 9.64 Å². The smallest absolute Gasteiger partial charge is 0.311 e. The van der Waals surface area contributed by atoms with Crippen molar-refractivity contribution < 1.29 is 19.0 Å². The monoisotopic (exact) mass is 440 g/mol. The van der Waals surface area contributed by atoms with Crippen LogP contribution in [0.25, 0.3) is 0 Å². The number of esters is 1. The molecule has 7 atom stereocenters. The van der Waals surface area contributed by atoms with E-state index in [0.29, 0.717) is 17.8 Å². The van der Waals surface area contributed by atoms with Gasteiger partial charge in [-0.25, -0.2) is 0 Å². The summed E-state index contributed by atoms with van der Waals surface area (Å²) >= 11 is 0. The Morgan fingerprint density at radius 1 is 1.09 bits per heavy atom. The molecule has 0 unspecified atom stereocenters. The number of rotatable bonds is 4. The fourth-order valence-corrected chi connectivity index (χ4v) is 7.60. The Morgan fingerprint density at radius 3 is 2.66 bits per heavy atom. The average Bonchev–Trinajstić information content (AvgIpc) is 3.44. The van der Waals surface area contributed by atoms with E-state index in [0.717, 1.165) is 63.4 Å². The summed E-state index contributed by atoms with van der Waals surface area (Å²) in [6.07, 6.45) is 4.63. The molecule has 6 heteroatoms. The highest BCUT2D eigenvalue weighted by molar-refractivity contribution is 5.77. The summed E-state index contributed by atoms with van der Waals surface area (Å²) in [5.74, 6) is 2.30. The Labute approximate surface area is 191 Å². The van der Waals surface area contributed by atoms with E-state index in [1.165, 1.54) is 6.42 Å². The number of hydrogen-bond acceptors (Lipinski definition) is 6. The number of benzene rings is 1. The molecule has 174 valence electrons. The SMILES string of the molecule is COc1ccccc1N1CCN(C[C@@H]2C(=O)O[C@]34[C@@H]2CC[C@H](C)[C@H]3CC[C@]2(C)O[C@H]42)CC1. The number of carbonyl (C=O) groups excluding carboxylic acids is 1. The lowest BCUT2D eigenvalue weighted by Gasteiger charge is -2.50. The summed E-state index contributed by atoms with van der Waals surface area (Å²) < 4.78 is 18.2. The minimum absolute atomic E-state index is 0.0191. The summed E-state index contributed by atoms with van der Waals surface area (Å²) in [4.78, 5) is 18.1. The van der Waals surface area contributed by atoms with Gasteiger partial charge in [-0.05, 0) is 50.7 Å². The van der Waals surface area contributed by atoms with Crippen molar-refractivity contribution in [2.45, 2.75) is 56.8 Å². The quantitative estimate of drug-likeness (QED) is 0.529. The second-order valence-corrected chi connectivity index (χ2v) is 11.0. The van der Waals surface area contributed by atoms with Crippen LogP contribution in [-0.4, -0.2) is 68.0 Å². The molecular formula is C26H36N2O4. The van der Waals surface area contributed by atoms with Crippen molar-refractivity contribution in [3.8, 4) is 5.75 Å². The molecule has 1 spiro atoms. The van der Waals surface area contributed by atoms with Crippen LogP contribution in [0.1, 0.15) is 39.5 Å². The van der Waals surface area contributed by atoms with Gasteiger partial charge >= 0.3 is 5.97 Å². The van der Waals surface area contributed by atoms with E-state index in [9.17, 15) is 4.79 Å². The average molecular weight is 441 g/mol. The van der Waals surface area contributed by atoms with Crippen LogP contribution in [0, 0.1) is 23.7 Å². The zero-order valence-electron chi connectivity index (χ0n) is 19.6. The van der Waals surface area contributed by atoms with Gasteiger partial charge in [0.1, 0.15) is 17.5 Å². The summed E-state index contributed by atoms with van der Waals surface area (Å²) in [6.45, 7) is 9.19. The number of para-hydroxylation sites is 2. The van der Waals surface area contributed by atoms with Crippen molar-refractivity contribution in [3.05, 3.63) is 24.3 Å². The maximum Gasteiger partial charge on any atom is 0.311 e. The Morgan fingerprint density at radius 2 is 1.88 bits per heavy atom. The molecule has 6 rings (SSSR count). The van der Waals surface area contributed by atoms with Gasteiger partial charge in [0.25, 0.3) is 0 Å². The standard InChI is InChI=1S/C26H36N2O4/c1-17-8-9-20-18(23(29)31-26(20)19(17)10-11-25(2)24(26)32-25)16-27-12-14-28(15-13-27)21-6-4-5-7-22(21)30-3/h4-7,17-20,24H,8-16H2,1-3H3/t17-,18-,19+,20+,24-,25-,26-/m0/s1. The zero-order chi connectivity index (χ0) is 22.1. The van der Waals surface area contributed by atoms with Crippen molar-refractivity contribution in [3.63, 3.8) is 0 Å². The molecule has 6 nitrogen and oxygen atoms in total. The molecule has 32 heavy (non-hydrogen) atoms. The second kappa shape index (κ2) is 7.36. The third-order valence-corrected chi connectivity index (χ3v) is 9.34. The number of carbonyl (C=O) groups is 1. The molecule has 0 amide bonds. The molecule has 3 saturated heterocycles. The maximum atomic E-state index is 13.3. The van der Waals surface area contributed by atoms with Crippen LogP contribution in [0.5, 0.6) is 5.75 Å². The number of anilines is 1. The number of epoxide rings is 1. The van der Waals surface area contributed by atoms with Crippen LogP contribution in [0.4, 0.5) is 5.69 Å². The number of hydrogen-bond donors (Lipinski definition) is 0. The molecule has 3 aliphatic heterocycles. The molecule has 0 N–H and O–H groups in total. The first-order valence-corrected chi connectivity index (χ1v) is 12.5. The zero-order valence-corrected chi connectivity index (χ0v) is 19.6. The number of ether oxygens (including phenoxy) is 3. The molecule has 1 aromatic rings. The first-order chi connectivity index (χ1) is 15.5. The lowest BCUT2D eigenvalue weighted by molar-refractivity contribution is -0.168. The topological polar surface area (TPSA) is 54.5 Å². The number of methoxy groups -OCH3 is 1. The Bertz CT molecular complexity index is 900. The largest absolute Gasteiger partial charge is 0.495 e. The Balaban J connectivity index is 1.17. The van der Waals surface area contributed by atoms with Crippen LogP contribution >= 0.6 is 0 Å². The Hall–Kier alpha value is -1.79. The van der Waals surface area contributed by atoms with E-state index in [1.54, 1.807) is 7.11 Å². The van der Waals surface area contributed by atoms with E-state index in [1.807, 2.05) is 12.1 Å². The van der Waals surface area contributed by atoms with Gasteiger partial charge in [0, 0.05) is 44.6 Å². The summed E-state index contributed by atoms with van der Waals surface area (Å²) in [5, 5.41) is 0. The van der Waals surface area contributed by atoms with Gasteiger partial charge in [-0.1, -0.05) is 19.1 Å². The molecule has 5 fully saturated rings. The van der Waals surface area contributed by atoms with Crippen molar-refractivity contribution in [1.29, 1.82) is 0 Å². The third kappa shape index (κ3) is 2.95. The summed E-state index contributed by atoms with van der Waals surface area (Å²) in [7, 11) is 1.73. The molecule has 3 heterocycles. The molecule has 2 aliphatic carbocycles. The maximum absolute atomic E-state index is 13.3. The minimum Gasteiger partial charge on any atom is -0.495 e. The van der Waals surface area contributed by atoms with Crippen molar-refractivity contribution >= 4 is 11.7 Å². The summed E-state index contributed by atoms with van der Waals surface area (Å²) in [6, 6.07) is 8.23. The highest BCUT2D eigenvalue weighted by Gasteiger charge is 2.77. The van der Waals surface area contributed by atoms with Crippen LogP contribution in [0.15, 0.2) is 24.3 Å². The number of nitrogens with zero attached hydrogens (tertiary/aromatic N) is 2. The molecular weight excluding hydrogens is 404 g/mol. The highest BCUT2D eigenvalue weighted by atomic mass is 16.7.